The third kappa shape index (κ3) is 7.11. The standard InChI is InChI=1S/C62H41N5/c1-7-21-43(22-8-1)56-41-57(64-58(63-56)44-23-9-2-10-24-44)53-40-55-52(50-33-19-20-34-54(50)62(55,48-29-15-5-16-30-48)49-31-17-6-18-32-49)39-51(53)42-35-37-47(38-36-42)61-66-59(45-25-11-3-12-26-45)65-60(67-61)46-27-13-4-14-28-46/h1-41H. The topological polar surface area (TPSA) is 64.5 Å². The lowest BCUT2D eigenvalue weighted by Gasteiger charge is -2.34. The number of nitrogens with zero attached hydrogens (tertiary/aromatic N) is 5. The first-order valence-corrected chi connectivity index (χ1v) is 22.6. The van der Waals surface area contributed by atoms with E-state index in [2.05, 4.69) is 164 Å². The molecule has 0 aliphatic heterocycles. The van der Waals surface area contributed by atoms with Gasteiger partial charge in [-0.05, 0) is 62.7 Å². The Kier molecular flexibility index (Phi) is 9.99. The smallest absolute Gasteiger partial charge is 0.164 e. The number of aromatic nitrogens is 5. The minimum absolute atomic E-state index is 0.602. The molecule has 0 bridgehead atoms. The van der Waals surface area contributed by atoms with Crippen LogP contribution < -0.4 is 0 Å². The highest BCUT2D eigenvalue weighted by atomic mass is 15.0. The summed E-state index contributed by atoms with van der Waals surface area (Å²) in [5.74, 6) is 2.52. The van der Waals surface area contributed by atoms with Gasteiger partial charge in [-0.25, -0.2) is 24.9 Å². The summed E-state index contributed by atoms with van der Waals surface area (Å²) >= 11 is 0. The van der Waals surface area contributed by atoms with Crippen molar-refractivity contribution in [1.29, 1.82) is 0 Å². The second-order valence-electron chi connectivity index (χ2n) is 16.8. The zero-order valence-electron chi connectivity index (χ0n) is 36.4. The minimum atomic E-state index is -0.602. The molecular formula is C62H41N5. The van der Waals surface area contributed by atoms with E-state index in [0.29, 0.717) is 23.3 Å². The third-order valence-electron chi connectivity index (χ3n) is 12.9. The van der Waals surface area contributed by atoms with Crippen molar-refractivity contribution in [1.82, 2.24) is 24.9 Å². The fourth-order valence-corrected chi connectivity index (χ4v) is 9.73. The molecule has 9 aromatic carbocycles. The molecule has 2 heterocycles. The van der Waals surface area contributed by atoms with Crippen LogP contribution in [0.3, 0.4) is 0 Å². The maximum Gasteiger partial charge on any atom is 0.164 e. The van der Waals surface area contributed by atoms with Crippen LogP contribution in [0, 0.1) is 0 Å². The van der Waals surface area contributed by atoms with E-state index in [1.807, 2.05) is 84.9 Å². The van der Waals surface area contributed by atoms with Gasteiger partial charge in [-0.2, -0.15) is 0 Å². The van der Waals surface area contributed by atoms with Crippen molar-refractivity contribution >= 4 is 0 Å². The van der Waals surface area contributed by atoms with Gasteiger partial charge in [0.05, 0.1) is 16.8 Å². The molecule has 1 aliphatic rings. The lowest BCUT2D eigenvalue weighted by atomic mass is 9.67. The maximum absolute atomic E-state index is 5.46. The molecule has 0 saturated carbocycles. The predicted octanol–water partition coefficient (Wildman–Crippen LogP) is 14.7. The van der Waals surface area contributed by atoms with Crippen molar-refractivity contribution in [3.8, 4) is 90.3 Å². The van der Waals surface area contributed by atoms with Crippen LogP contribution in [0.1, 0.15) is 22.3 Å². The average Bonchev–Trinajstić information content (AvgIpc) is 3.72. The van der Waals surface area contributed by atoms with Gasteiger partial charge < -0.3 is 0 Å². The molecule has 0 N–H and O–H groups in total. The molecule has 11 aromatic rings. The van der Waals surface area contributed by atoms with Gasteiger partial charge in [-0.3, -0.25) is 0 Å². The van der Waals surface area contributed by atoms with Crippen LogP contribution in [0.15, 0.2) is 249 Å². The molecule has 0 spiro atoms. The Balaban J connectivity index is 1.11. The number of hydrogen-bond donors (Lipinski definition) is 0. The minimum Gasteiger partial charge on any atom is -0.228 e. The molecule has 2 aromatic heterocycles. The van der Waals surface area contributed by atoms with E-state index >= 15 is 0 Å². The van der Waals surface area contributed by atoms with Crippen LogP contribution in [-0.4, -0.2) is 24.9 Å². The van der Waals surface area contributed by atoms with Crippen LogP contribution in [0.25, 0.3) is 90.3 Å². The van der Waals surface area contributed by atoms with Crippen LogP contribution in [-0.2, 0) is 5.41 Å². The summed E-state index contributed by atoms with van der Waals surface area (Å²) in [6.07, 6.45) is 0. The quantitative estimate of drug-likeness (QED) is 0.145. The number of benzene rings is 9. The summed E-state index contributed by atoms with van der Waals surface area (Å²) in [7, 11) is 0. The summed E-state index contributed by atoms with van der Waals surface area (Å²) < 4.78 is 0. The zero-order chi connectivity index (χ0) is 44.6. The van der Waals surface area contributed by atoms with E-state index in [1.54, 1.807) is 0 Å². The second-order valence-corrected chi connectivity index (χ2v) is 16.8. The summed E-state index contributed by atoms with van der Waals surface area (Å²) in [6.45, 7) is 0. The predicted molar refractivity (Wildman–Crippen MR) is 271 cm³/mol. The van der Waals surface area contributed by atoms with Crippen LogP contribution in [0.4, 0.5) is 0 Å². The first-order valence-electron chi connectivity index (χ1n) is 22.6. The van der Waals surface area contributed by atoms with Crippen LogP contribution in [0.2, 0.25) is 0 Å². The molecule has 0 fully saturated rings. The molecule has 0 atom stereocenters. The highest BCUT2D eigenvalue weighted by Crippen LogP contribution is 2.58. The molecule has 1 aliphatic carbocycles. The fraction of sp³-hybridized carbons (Fsp3) is 0.0161. The van der Waals surface area contributed by atoms with E-state index in [-0.39, 0.29) is 0 Å². The highest BCUT2D eigenvalue weighted by Gasteiger charge is 2.46. The van der Waals surface area contributed by atoms with E-state index < -0.39 is 5.41 Å². The molecule has 67 heavy (non-hydrogen) atoms. The number of hydrogen-bond acceptors (Lipinski definition) is 5. The van der Waals surface area contributed by atoms with Gasteiger partial charge in [0.25, 0.3) is 0 Å². The number of fused-ring (bicyclic) bond motifs is 3. The Morgan fingerprint density at radius 1 is 0.224 bits per heavy atom. The lowest BCUT2D eigenvalue weighted by Crippen LogP contribution is -2.28. The summed E-state index contributed by atoms with van der Waals surface area (Å²) in [5, 5.41) is 0. The monoisotopic (exact) mass is 855 g/mol. The Bertz CT molecular complexity index is 3370. The van der Waals surface area contributed by atoms with E-state index in [1.165, 1.54) is 33.4 Å². The Morgan fingerprint density at radius 3 is 1.12 bits per heavy atom. The van der Waals surface area contributed by atoms with Crippen molar-refractivity contribution in [2.24, 2.45) is 0 Å². The summed E-state index contributed by atoms with van der Waals surface area (Å²) in [5.41, 5.74) is 16.2. The van der Waals surface area contributed by atoms with Gasteiger partial charge in [-0.15, -0.1) is 0 Å². The van der Waals surface area contributed by atoms with Crippen molar-refractivity contribution in [3.05, 3.63) is 271 Å². The largest absolute Gasteiger partial charge is 0.228 e. The Hall–Kier alpha value is -8.93. The Morgan fingerprint density at radius 2 is 0.612 bits per heavy atom. The van der Waals surface area contributed by atoms with Gasteiger partial charge in [0.1, 0.15) is 0 Å². The first kappa shape index (κ1) is 39.6. The van der Waals surface area contributed by atoms with Crippen LogP contribution >= 0.6 is 0 Å². The van der Waals surface area contributed by atoms with Crippen molar-refractivity contribution < 1.29 is 0 Å². The van der Waals surface area contributed by atoms with E-state index in [9.17, 15) is 0 Å². The van der Waals surface area contributed by atoms with Gasteiger partial charge >= 0.3 is 0 Å². The summed E-state index contributed by atoms with van der Waals surface area (Å²) in [6, 6.07) is 87.2. The van der Waals surface area contributed by atoms with Crippen LogP contribution in [0.5, 0.6) is 0 Å². The maximum atomic E-state index is 5.46. The second kappa shape index (κ2) is 16.9. The molecule has 12 rings (SSSR count). The fourth-order valence-electron chi connectivity index (χ4n) is 9.73. The average molecular weight is 856 g/mol. The first-order chi connectivity index (χ1) is 33.2. The van der Waals surface area contributed by atoms with Gasteiger partial charge in [0.15, 0.2) is 23.3 Å². The number of rotatable bonds is 9. The van der Waals surface area contributed by atoms with E-state index in [0.717, 1.165) is 55.9 Å². The molecular weight excluding hydrogens is 815 g/mol. The third-order valence-corrected chi connectivity index (χ3v) is 12.9. The lowest BCUT2D eigenvalue weighted by molar-refractivity contribution is 0.769. The van der Waals surface area contributed by atoms with Gasteiger partial charge in [-0.1, -0.05) is 231 Å². The highest BCUT2D eigenvalue weighted by molar-refractivity contribution is 5.95. The molecule has 0 radical (unpaired) electrons. The molecule has 0 amide bonds. The van der Waals surface area contributed by atoms with Gasteiger partial charge in [0.2, 0.25) is 0 Å². The molecule has 5 nitrogen and oxygen atoms in total. The van der Waals surface area contributed by atoms with Crippen molar-refractivity contribution in [2.45, 2.75) is 5.41 Å². The van der Waals surface area contributed by atoms with E-state index in [4.69, 9.17) is 24.9 Å². The van der Waals surface area contributed by atoms with Gasteiger partial charge in [0, 0.05) is 33.4 Å². The molecule has 5 heteroatoms. The SMILES string of the molecule is c1ccc(-c2cc(-c3cc4c(cc3-c3ccc(-c5nc(-c6ccccc6)nc(-c6ccccc6)n5)cc3)-c3ccccc3C4(c3ccccc3)c3ccccc3)nc(-c3ccccc3)n2)cc1. The summed E-state index contributed by atoms with van der Waals surface area (Å²) in [4.78, 5) is 25.7. The molecule has 0 unspecified atom stereocenters. The molecule has 0 saturated heterocycles. The zero-order valence-corrected chi connectivity index (χ0v) is 36.4. The Labute approximate surface area is 389 Å². The van der Waals surface area contributed by atoms with Crippen molar-refractivity contribution in [2.75, 3.05) is 0 Å². The molecule has 314 valence electrons. The normalized spacial score (nSPS) is 12.3. The van der Waals surface area contributed by atoms with Crippen molar-refractivity contribution in [3.63, 3.8) is 0 Å².